The van der Waals surface area contributed by atoms with Gasteiger partial charge >= 0.3 is 0 Å². The van der Waals surface area contributed by atoms with Crippen LogP contribution in [0.4, 0.5) is 0 Å². The molecule has 0 radical (unpaired) electrons. The molecule has 3 heterocycles. The number of nitrogens with zero attached hydrogens (tertiary/aromatic N) is 4. The van der Waals surface area contributed by atoms with Crippen LogP contribution in [0.2, 0.25) is 0 Å². The first kappa shape index (κ1) is 14.8. The molecule has 1 aromatic rings. The first-order valence-corrected chi connectivity index (χ1v) is 8.75. The second-order valence-corrected chi connectivity index (χ2v) is 6.84. The van der Waals surface area contributed by atoms with Gasteiger partial charge in [0.2, 0.25) is 5.91 Å². The van der Waals surface area contributed by atoms with E-state index < -0.39 is 0 Å². The molecule has 116 valence electrons. The number of thioether (sulfide) groups is 1. The van der Waals surface area contributed by atoms with E-state index in [0.29, 0.717) is 18.2 Å². The van der Waals surface area contributed by atoms with Crippen LogP contribution in [-0.2, 0) is 11.8 Å². The van der Waals surface area contributed by atoms with Gasteiger partial charge in [-0.2, -0.15) is 0 Å². The molecule has 0 saturated carbocycles. The highest BCUT2D eigenvalue weighted by atomic mass is 32.2. The van der Waals surface area contributed by atoms with Gasteiger partial charge < -0.3 is 14.8 Å². The van der Waals surface area contributed by atoms with Crippen molar-refractivity contribution in [3.05, 3.63) is 5.82 Å². The Morgan fingerprint density at radius 3 is 3.00 bits per heavy atom. The van der Waals surface area contributed by atoms with Gasteiger partial charge in [-0.15, -0.1) is 10.2 Å². The Kier molecular flexibility index (Phi) is 4.80. The van der Waals surface area contributed by atoms with Crippen molar-refractivity contribution in [3.8, 4) is 0 Å². The molecule has 1 N–H and O–H groups in total. The summed E-state index contributed by atoms with van der Waals surface area (Å²) in [5, 5.41) is 13.1. The molecule has 1 amide bonds. The molecule has 3 rings (SSSR count). The second-order valence-electron chi connectivity index (χ2n) is 5.78. The maximum atomic E-state index is 11.6. The molecular formula is C14H23N5OS. The molecule has 6 nitrogen and oxygen atoms in total. The third kappa shape index (κ3) is 3.40. The molecular weight excluding hydrogens is 286 g/mol. The largest absolute Gasteiger partial charge is 0.342 e. The van der Waals surface area contributed by atoms with Crippen LogP contribution in [0.5, 0.6) is 0 Å². The van der Waals surface area contributed by atoms with Crippen LogP contribution >= 0.6 is 11.8 Å². The number of likely N-dealkylation sites (tertiary alicyclic amines) is 1. The van der Waals surface area contributed by atoms with Gasteiger partial charge in [-0.25, -0.2) is 0 Å². The van der Waals surface area contributed by atoms with Crippen LogP contribution < -0.4 is 5.32 Å². The zero-order valence-corrected chi connectivity index (χ0v) is 13.4. The summed E-state index contributed by atoms with van der Waals surface area (Å²) < 4.78 is 2.12. The second kappa shape index (κ2) is 6.79. The minimum Gasteiger partial charge on any atom is -0.342 e. The Hall–Kier alpha value is -1.08. The summed E-state index contributed by atoms with van der Waals surface area (Å²) in [6.45, 7) is 3.84. The van der Waals surface area contributed by atoms with Crippen molar-refractivity contribution in [1.82, 2.24) is 25.0 Å². The molecule has 0 bridgehead atoms. The molecule has 7 heteroatoms. The summed E-state index contributed by atoms with van der Waals surface area (Å²) in [6.07, 6.45) is 4.11. The van der Waals surface area contributed by atoms with Crippen molar-refractivity contribution in [1.29, 1.82) is 0 Å². The number of carbonyl (C=O) groups excluding carboxylic acids is 1. The Bertz CT molecular complexity index is 498. The topological polar surface area (TPSA) is 63.1 Å². The summed E-state index contributed by atoms with van der Waals surface area (Å²) in [7, 11) is 2.05. The Balaban J connectivity index is 1.53. The van der Waals surface area contributed by atoms with E-state index in [-0.39, 0.29) is 0 Å². The lowest BCUT2D eigenvalue weighted by Crippen LogP contribution is -2.29. The van der Waals surface area contributed by atoms with Gasteiger partial charge in [-0.1, -0.05) is 11.8 Å². The highest BCUT2D eigenvalue weighted by Gasteiger charge is 2.22. The van der Waals surface area contributed by atoms with E-state index in [1.165, 1.54) is 12.8 Å². The number of aromatic nitrogens is 3. The predicted molar refractivity (Wildman–Crippen MR) is 82.4 cm³/mol. The highest BCUT2D eigenvalue weighted by molar-refractivity contribution is 7.99. The van der Waals surface area contributed by atoms with E-state index in [9.17, 15) is 4.79 Å². The van der Waals surface area contributed by atoms with E-state index in [2.05, 4.69) is 20.1 Å². The van der Waals surface area contributed by atoms with Crippen molar-refractivity contribution in [2.45, 2.75) is 36.8 Å². The van der Waals surface area contributed by atoms with E-state index in [0.717, 1.165) is 49.3 Å². The fraction of sp³-hybridized carbons (Fsp3) is 0.786. The maximum absolute atomic E-state index is 11.6. The van der Waals surface area contributed by atoms with Crippen molar-refractivity contribution >= 4 is 17.7 Å². The third-order valence-electron chi connectivity index (χ3n) is 4.29. The molecule has 1 aromatic heterocycles. The average molecular weight is 309 g/mol. The molecule has 2 aliphatic heterocycles. The van der Waals surface area contributed by atoms with Gasteiger partial charge in [0, 0.05) is 44.8 Å². The monoisotopic (exact) mass is 309 g/mol. The van der Waals surface area contributed by atoms with Crippen LogP contribution in [0.3, 0.4) is 0 Å². The van der Waals surface area contributed by atoms with E-state index in [1.807, 2.05) is 11.9 Å². The van der Waals surface area contributed by atoms with Crippen LogP contribution in [0.15, 0.2) is 5.16 Å². The lowest BCUT2D eigenvalue weighted by molar-refractivity contribution is -0.127. The highest BCUT2D eigenvalue weighted by Crippen LogP contribution is 2.25. The molecule has 2 fully saturated rings. The zero-order valence-electron chi connectivity index (χ0n) is 12.5. The van der Waals surface area contributed by atoms with Crippen LogP contribution in [-0.4, -0.2) is 57.5 Å². The van der Waals surface area contributed by atoms with Gasteiger partial charge in [0.25, 0.3) is 0 Å². The standard InChI is InChI=1S/C14H23N5OS/c1-18-13(11-4-2-6-15-10-11)16-17-14(18)21-9-8-19-7-3-5-12(19)20/h11,15H,2-10H2,1H3/t11-/m1/s1. The zero-order chi connectivity index (χ0) is 14.7. The van der Waals surface area contributed by atoms with Crippen LogP contribution in [0, 0.1) is 0 Å². The SMILES string of the molecule is Cn1c(SCCN2CCCC2=O)nnc1[C@@H]1CCCNC1. The van der Waals surface area contributed by atoms with E-state index in [4.69, 9.17) is 0 Å². The molecule has 2 aliphatic rings. The fourth-order valence-corrected chi connectivity index (χ4v) is 3.95. The summed E-state index contributed by atoms with van der Waals surface area (Å²) in [5.74, 6) is 2.75. The predicted octanol–water partition coefficient (Wildman–Crippen LogP) is 0.997. The summed E-state index contributed by atoms with van der Waals surface area (Å²) >= 11 is 1.70. The number of amides is 1. The quantitative estimate of drug-likeness (QED) is 0.822. The molecule has 2 saturated heterocycles. The van der Waals surface area contributed by atoms with Gasteiger partial charge in [-0.05, 0) is 25.8 Å². The molecule has 1 atom stereocenters. The van der Waals surface area contributed by atoms with Crippen molar-refractivity contribution < 1.29 is 4.79 Å². The summed E-state index contributed by atoms with van der Waals surface area (Å²) in [4.78, 5) is 13.5. The molecule has 21 heavy (non-hydrogen) atoms. The van der Waals surface area contributed by atoms with Gasteiger partial charge in [-0.3, -0.25) is 4.79 Å². The van der Waals surface area contributed by atoms with E-state index in [1.54, 1.807) is 11.8 Å². The number of hydrogen-bond acceptors (Lipinski definition) is 5. The van der Waals surface area contributed by atoms with Gasteiger partial charge in [0.15, 0.2) is 5.16 Å². The van der Waals surface area contributed by atoms with Crippen LogP contribution in [0.1, 0.15) is 37.4 Å². The van der Waals surface area contributed by atoms with Crippen molar-refractivity contribution in [2.24, 2.45) is 7.05 Å². The van der Waals surface area contributed by atoms with E-state index >= 15 is 0 Å². The molecule has 0 unspecified atom stereocenters. The first-order valence-electron chi connectivity index (χ1n) is 7.76. The van der Waals surface area contributed by atoms with Crippen LogP contribution in [0.25, 0.3) is 0 Å². The number of nitrogens with one attached hydrogen (secondary N) is 1. The molecule has 0 aliphatic carbocycles. The number of hydrogen-bond donors (Lipinski definition) is 1. The first-order chi connectivity index (χ1) is 10.3. The number of rotatable bonds is 5. The minimum atomic E-state index is 0.294. The summed E-state index contributed by atoms with van der Waals surface area (Å²) in [6, 6.07) is 0. The van der Waals surface area contributed by atoms with Gasteiger partial charge in [0.05, 0.1) is 0 Å². The smallest absolute Gasteiger partial charge is 0.222 e. The minimum absolute atomic E-state index is 0.294. The maximum Gasteiger partial charge on any atom is 0.222 e. The third-order valence-corrected chi connectivity index (χ3v) is 5.29. The normalized spacial score (nSPS) is 23.0. The number of piperidine rings is 1. The fourth-order valence-electron chi connectivity index (χ4n) is 3.07. The summed E-state index contributed by atoms with van der Waals surface area (Å²) in [5.41, 5.74) is 0. The Morgan fingerprint density at radius 2 is 2.29 bits per heavy atom. The van der Waals surface area contributed by atoms with Crippen molar-refractivity contribution in [2.75, 3.05) is 31.9 Å². The molecule has 0 aromatic carbocycles. The lowest BCUT2D eigenvalue weighted by atomic mass is 9.99. The molecule has 0 spiro atoms. The Labute approximate surface area is 129 Å². The number of carbonyl (C=O) groups is 1. The Morgan fingerprint density at radius 1 is 1.38 bits per heavy atom. The van der Waals surface area contributed by atoms with Gasteiger partial charge in [0.1, 0.15) is 5.82 Å². The lowest BCUT2D eigenvalue weighted by Gasteiger charge is -2.21. The average Bonchev–Trinajstić information content (AvgIpc) is 3.07. The van der Waals surface area contributed by atoms with Crippen molar-refractivity contribution in [3.63, 3.8) is 0 Å².